The van der Waals surface area contributed by atoms with Crippen molar-refractivity contribution >= 4 is 5.69 Å². The van der Waals surface area contributed by atoms with Crippen molar-refractivity contribution in [3.8, 4) is 0 Å². The Balaban J connectivity index is 1.95. The zero-order valence-electron chi connectivity index (χ0n) is 12.8. The fourth-order valence-corrected chi connectivity index (χ4v) is 2.76. The number of hydrogen-bond donors (Lipinski definition) is 1. The Hall–Kier alpha value is -1.13. The summed E-state index contributed by atoms with van der Waals surface area (Å²) in [5.74, 6) is 0. The number of anilines is 1. The molecule has 0 aliphatic carbocycles. The van der Waals surface area contributed by atoms with Crippen molar-refractivity contribution in [2.45, 2.75) is 45.8 Å². The molecule has 1 saturated heterocycles. The molecule has 4 nitrogen and oxygen atoms in total. The minimum absolute atomic E-state index is 0.444. The predicted molar refractivity (Wildman–Crippen MR) is 83.1 cm³/mol. The Morgan fingerprint density at radius 1 is 1.35 bits per heavy atom. The molecule has 4 heteroatoms. The highest BCUT2D eigenvalue weighted by molar-refractivity contribution is 5.52. The first kappa shape index (κ1) is 15.3. The molecule has 2 heterocycles. The second-order valence-electron chi connectivity index (χ2n) is 5.32. The zero-order chi connectivity index (χ0) is 14.2. The average molecular weight is 277 g/mol. The number of ether oxygens (including phenoxy) is 1. The van der Waals surface area contributed by atoms with Gasteiger partial charge in [0.05, 0.1) is 6.10 Å². The van der Waals surface area contributed by atoms with E-state index in [0.29, 0.717) is 6.10 Å². The van der Waals surface area contributed by atoms with Crippen LogP contribution in [0.2, 0.25) is 0 Å². The van der Waals surface area contributed by atoms with Crippen LogP contribution in [0.25, 0.3) is 0 Å². The Bertz CT molecular complexity index is 389. The third-order valence-electron chi connectivity index (χ3n) is 3.81. The molecule has 0 saturated carbocycles. The molecule has 0 spiro atoms. The van der Waals surface area contributed by atoms with E-state index in [0.717, 1.165) is 52.0 Å². The molecule has 1 aliphatic rings. The molecule has 0 aromatic carbocycles. The second kappa shape index (κ2) is 8.22. The molecule has 0 atom stereocenters. The number of aromatic nitrogens is 1. The molecule has 1 aromatic rings. The van der Waals surface area contributed by atoms with Crippen LogP contribution in [0.1, 0.15) is 38.7 Å². The van der Waals surface area contributed by atoms with Gasteiger partial charge in [-0.05, 0) is 38.8 Å². The van der Waals surface area contributed by atoms with Crippen molar-refractivity contribution in [3.63, 3.8) is 0 Å². The Morgan fingerprint density at radius 2 is 2.15 bits per heavy atom. The van der Waals surface area contributed by atoms with Gasteiger partial charge in [-0.25, -0.2) is 0 Å². The Labute approximate surface area is 122 Å². The van der Waals surface area contributed by atoms with Gasteiger partial charge < -0.3 is 15.0 Å². The van der Waals surface area contributed by atoms with Gasteiger partial charge in [0, 0.05) is 49.9 Å². The van der Waals surface area contributed by atoms with E-state index in [1.165, 1.54) is 11.3 Å². The lowest BCUT2D eigenvalue weighted by molar-refractivity contribution is 0.0459. The number of piperidine rings is 1. The smallest absolute Gasteiger partial charge is 0.0608 e. The van der Waals surface area contributed by atoms with Gasteiger partial charge in [0.25, 0.3) is 0 Å². The minimum atomic E-state index is 0.444. The summed E-state index contributed by atoms with van der Waals surface area (Å²) in [6.45, 7) is 9.21. The van der Waals surface area contributed by atoms with E-state index < -0.39 is 0 Å². The van der Waals surface area contributed by atoms with Gasteiger partial charge in [-0.15, -0.1) is 0 Å². The highest BCUT2D eigenvalue weighted by Gasteiger charge is 2.20. The molecule has 0 radical (unpaired) electrons. The molecule has 0 bridgehead atoms. The van der Waals surface area contributed by atoms with E-state index in [2.05, 4.69) is 35.1 Å². The maximum atomic E-state index is 5.73. The van der Waals surface area contributed by atoms with E-state index in [9.17, 15) is 0 Å². The summed E-state index contributed by atoms with van der Waals surface area (Å²) in [5, 5.41) is 3.47. The number of nitrogens with zero attached hydrogens (tertiary/aromatic N) is 2. The molecule has 2 rings (SSSR count). The quantitative estimate of drug-likeness (QED) is 0.777. The normalized spacial score (nSPS) is 16.6. The molecule has 1 aromatic heterocycles. The fourth-order valence-electron chi connectivity index (χ4n) is 2.76. The van der Waals surface area contributed by atoms with E-state index in [4.69, 9.17) is 4.74 Å². The van der Waals surface area contributed by atoms with E-state index in [1.54, 1.807) is 0 Å². The first-order valence-electron chi connectivity index (χ1n) is 7.85. The summed E-state index contributed by atoms with van der Waals surface area (Å²) >= 11 is 0. The van der Waals surface area contributed by atoms with Gasteiger partial charge in [0.2, 0.25) is 0 Å². The molecule has 20 heavy (non-hydrogen) atoms. The highest BCUT2D eigenvalue weighted by Crippen LogP contribution is 2.24. The van der Waals surface area contributed by atoms with Gasteiger partial charge in [-0.1, -0.05) is 6.92 Å². The lowest BCUT2D eigenvalue weighted by atomic mass is 10.1. The summed E-state index contributed by atoms with van der Waals surface area (Å²) in [6, 6.07) is 2.14. The first-order valence-corrected chi connectivity index (χ1v) is 7.85. The van der Waals surface area contributed by atoms with Crippen LogP contribution < -0.4 is 10.2 Å². The van der Waals surface area contributed by atoms with E-state index in [1.807, 2.05) is 12.4 Å². The molecule has 112 valence electrons. The highest BCUT2D eigenvalue weighted by atomic mass is 16.5. The maximum absolute atomic E-state index is 5.73. The predicted octanol–water partition coefficient (Wildman–Crippen LogP) is 2.59. The third kappa shape index (κ3) is 4.18. The number of rotatable bonds is 7. The maximum Gasteiger partial charge on any atom is 0.0608 e. The Morgan fingerprint density at radius 3 is 2.85 bits per heavy atom. The molecule has 0 amide bonds. The third-order valence-corrected chi connectivity index (χ3v) is 3.81. The monoisotopic (exact) mass is 277 g/mol. The van der Waals surface area contributed by atoms with Crippen LogP contribution >= 0.6 is 0 Å². The van der Waals surface area contributed by atoms with Crippen molar-refractivity contribution in [2.75, 3.05) is 31.1 Å². The fraction of sp³-hybridized carbons (Fsp3) is 0.688. The van der Waals surface area contributed by atoms with Crippen molar-refractivity contribution in [1.29, 1.82) is 0 Å². The second-order valence-corrected chi connectivity index (χ2v) is 5.32. The van der Waals surface area contributed by atoms with Crippen molar-refractivity contribution in [2.24, 2.45) is 0 Å². The Kier molecular flexibility index (Phi) is 6.27. The van der Waals surface area contributed by atoms with Crippen LogP contribution in [0.3, 0.4) is 0 Å². The summed E-state index contributed by atoms with van der Waals surface area (Å²) in [4.78, 5) is 6.74. The van der Waals surface area contributed by atoms with Gasteiger partial charge in [0.15, 0.2) is 0 Å². The SMILES string of the molecule is CCCNCc1cnccc1N1CCC(OCC)CC1. The minimum Gasteiger partial charge on any atom is -0.378 e. The van der Waals surface area contributed by atoms with E-state index in [-0.39, 0.29) is 0 Å². The molecule has 1 N–H and O–H groups in total. The lowest BCUT2D eigenvalue weighted by Gasteiger charge is -2.34. The van der Waals surface area contributed by atoms with Gasteiger partial charge in [-0.2, -0.15) is 0 Å². The summed E-state index contributed by atoms with van der Waals surface area (Å²) in [5.41, 5.74) is 2.63. The summed E-state index contributed by atoms with van der Waals surface area (Å²) in [7, 11) is 0. The van der Waals surface area contributed by atoms with Gasteiger partial charge in [-0.3, -0.25) is 4.98 Å². The number of pyridine rings is 1. The molecule has 1 fully saturated rings. The molecular formula is C16H27N3O. The summed E-state index contributed by atoms with van der Waals surface area (Å²) < 4.78 is 5.73. The van der Waals surface area contributed by atoms with E-state index >= 15 is 0 Å². The van der Waals surface area contributed by atoms with Gasteiger partial charge >= 0.3 is 0 Å². The van der Waals surface area contributed by atoms with Crippen LogP contribution in [-0.4, -0.2) is 37.3 Å². The lowest BCUT2D eigenvalue weighted by Crippen LogP contribution is -2.37. The first-order chi connectivity index (χ1) is 9.85. The molecule has 1 aliphatic heterocycles. The molecular weight excluding hydrogens is 250 g/mol. The topological polar surface area (TPSA) is 37.4 Å². The van der Waals surface area contributed by atoms with Gasteiger partial charge in [0.1, 0.15) is 0 Å². The number of hydrogen-bond acceptors (Lipinski definition) is 4. The van der Waals surface area contributed by atoms with Crippen LogP contribution in [0.4, 0.5) is 5.69 Å². The van der Waals surface area contributed by atoms with Crippen molar-refractivity contribution in [3.05, 3.63) is 24.0 Å². The largest absolute Gasteiger partial charge is 0.378 e. The average Bonchev–Trinajstić information content (AvgIpc) is 2.49. The standard InChI is InChI=1S/C16H27N3O/c1-3-8-17-12-14-13-18-9-5-16(14)19-10-6-15(7-11-19)20-4-2/h5,9,13,15,17H,3-4,6-8,10-12H2,1-2H3. The van der Waals surface area contributed by atoms with Crippen LogP contribution in [0.5, 0.6) is 0 Å². The van der Waals surface area contributed by atoms with Crippen molar-refractivity contribution in [1.82, 2.24) is 10.3 Å². The van der Waals surface area contributed by atoms with Crippen LogP contribution in [0.15, 0.2) is 18.5 Å². The van der Waals surface area contributed by atoms with Crippen LogP contribution in [0, 0.1) is 0 Å². The zero-order valence-corrected chi connectivity index (χ0v) is 12.8. The van der Waals surface area contributed by atoms with Crippen LogP contribution in [-0.2, 0) is 11.3 Å². The number of nitrogens with one attached hydrogen (secondary N) is 1. The summed E-state index contributed by atoms with van der Waals surface area (Å²) in [6.07, 6.45) is 7.74. The molecule has 0 unspecified atom stereocenters. The van der Waals surface area contributed by atoms with Crippen molar-refractivity contribution < 1.29 is 4.74 Å².